The topological polar surface area (TPSA) is 47.7 Å². The van der Waals surface area contributed by atoms with E-state index in [1.165, 1.54) is 13.2 Å². The second kappa shape index (κ2) is 5.79. The lowest BCUT2D eigenvalue weighted by Crippen LogP contribution is -2.12. The van der Waals surface area contributed by atoms with Crippen LogP contribution in [0.1, 0.15) is 37.6 Å². The summed E-state index contributed by atoms with van der Waals surface area (Å²) in [6.07, 6.45) is -0.345. The van der Waals surface area contributed by atoms with E-state index in [1.54, 1.807) is 10.7 Å². The molecule has 1 atom stereocenters. The van der Waals surface area contributed by atoms with E-state index >= 15 is 0 Å². The van der Waals surface area contributed by atoms with Crippen LogP contribution in [0.4, 0.5) is 19.0 Å². The zero-order chi connectivity index (χ0) is 15.6. The highest BCUT2D eigenvalue weighted by molar-refractivity contribution is 5.35. The average molecular weight is 301 g/mol. The van der Waals surface area contributed by atoms with E-state index in [0.717, 1.165) is 11.1 Å². The fourth-order valence-electron chi connectivity index (χ4n) is 1.96. The van der Waals surface area contributed by atoms with Crippen molar-refractivity contribution in [3.05, 3.63) is 29.7 Å². The van der Waals surface area contributed by atoms with Gasteiger partial charge in [0.15, 0.2) is 5.69 Å². The van der Waals surface area contributed by atoms with Gasteiger partial charge in [-0.15, -0.1) is 0 Å². The molecule has 1 N–H and O–H groups in total. The van der Waals surface area contributed by atoms with Crippen molar-refractivity contribution in [1.82, 2.24) is 19.6 Å². The van der Waals surface area contributed by atoms with E-state index in [-0.39, 0.29) is 18.2 Å². The first-order valence-corrected chi connectivity index (χ1v) is 6.70. The van der Waals surface area contributed by atoms with Crippen LogP contribution in [0.5, 0.6) is 0 Å². The second-order valence-electron chi connectivity index (χ2n) is 4.97. The molecule has 0 saturated carbocycles. The van der Waals surface area contributed by atoms with Crippen molar-refractivity contribution in [3.63, 3.8) is 0 Å². The molecule has 0 bridgehead atoms. The van der Waals surface area contributed by atoms with Crippen LogP contribution in [0.2, 0.25) is 0 Å². The van der Waals surface area contributed by atoms with Crippen LogP contribution in [0.25, 0.3) is 0 Å². The van der Waals surface area contributed by atoms with Crippen molar-refractivity contribution in [1.29, 1.82) is 0 Å². The SMILES string of the molecule is CC[C@@H](C)n1ccc(NCc2cn(C)nc2C(F)(F)F)n1. The molecule has 0 aromatic carbocycles. The van der Waals surface area contributed by atoms with Crippen LogP contribution in [-0.2, 0) is 19.8 Å². The number of nitrogens with one attached hydrogen (secondary N) is 1. The molecule has 0 amide bonds. The highest BCUT2D eigenvalue weighted by Crippen LogP contribution is 2.30. The summed E-state index contributed by atoms with van der Waals surface area (Å²) < 4.78 is 41.4. The van der Waals surface area contributed by atoms with E-state index in [4.69, 9.17) is 0 Å². The minimum atomic E-state index is -4.45. The van der Waals surface area contributed by atoms with Crippen LogP contribution in [-0.4, -0.2) is 19.6 Å². The van der Waals surface area contributed by atoms with E-state index < -0.39 is 11.9 Å². The zero-order valence-corrected chi connectivity index (χ0v) is 12.1. The molecule has 2 heterocycles. The molecule has 5 nitrogen and oxygen atoms in total. The molecule has 0 aliphatic heterocycles. The highest BCUT2D eigenvalue weighted by atomic mass is 19.4. The maximum absolute atomic E-state index is 12.8. The summed E-state index contributed by atoms with van der Waals surface area (Å²) in [5.41, 5.74) is -0.762. The Labute approximate surface area is 120 Å². The van der Waals surface area contributed by atoms with E-state index in [2.05, 4.69) is 15.5 Å². The quantitative estimate of drug-likeness (QED) is 0.922. The number of hydrogen-bond donors (Lipinski definition) is 1. The molecule has 116 valence electrons. The average Bonchev–Trinajstić information content (AvgIpc) is 3.01. The fourth-order valence-corrected chi connectivity index (χ4v) is 1.96. The first-order chi connectivity index (χ1) is 9.81. The van der Waals surface area contributed by atoms with Crippen LogP contribution in [0.3, 0.4) is 0 Å². The minimum Gasteiger partial charge on any atom is -0.364 e. The molecule has 21 heavy (non-hydrogen) atoms. The lowest BCUT2D eigenvalue weighted by Gasteiger charge is -2.09. The molecule has 0 spiro atoms. The third kappa shape index (κ3) is 3.56. The van der Waals surface area contributed by atoms with Gasteiger partial charge in [0, 0.05) is 43.7 Å². The predicted molar refractivity (Wildman–Crippen MR) is 72.8 cm³/mol. The van der Waals surface area contributed by atoms with Crippen molar-refractivity contribution >= 4 is 5.82 Å². The van der Waals surface area contributed by atoms with Gasteiger partial charge in [0.2, 0.25) is 0 Å². The molecule has 0 fully saturated rings. The van der Waals surface area contributed by atoms with Gasteiger partial charge in [0.05, 0.1) is 0 Å². The Morgan fingerprint density at radius 2 is 2.05 bits per heavy atom. The standard InChI is InChI=1S/C13H18F3N5/c1-4-9(2)21-6-5-11(18-21)17-7-10-8-20(3)19-12(10)13(14,15)16/h5-6,8-9H,4,7H2,1-3H3,(H,17,18)/t9-/m1/s1. The Bertz CT molecular complexity index is 599. The minimum absolute atomic E-state index is 0.0280. The molecule has 2 aromatic heterocycles. The van der Waals surface area contributed by atoms with Gasteiger partial charge in [-0.3, -0.25) is 9.36 Å². The number of hydrogen-bond acceptors (Lipinski definition) is 3. The fraction of sp³-hybridized carbons (Fsp3) is 0.538. The van der Waals surface area contributed by atoms with Crippen molar-refractivity contribution in [2.45, 2.75) is 39.0 Å². The predicted octanol–water partition coefficient (Wildman–Crippen LogP) is 3.22. The first kappa shape index (κ1) is 15.4. The van der Waals surface area contributed by atoms with Crippen LogP contribution >= 0.6 is 0 Å². The Hall–Kier alpha value is -1.99. The Balaban J connectivity index is 2.08. The molecular weight excluding hydrogens is 283 g/mol. The molecule has 0 saturated heterocycles. The van der Waals surface area contributed by atoms with Gasteiger partial charge in [-0.25, -0.2) is 0 Å². The molecule has 0 unspecified atom stereocenters. The molecule has 2 aromatic rings. The van der Waals surface area contributed by atoms with Crippen molar-refractivity contribution in [3.8, 4) is 0 Å². The zero-order valence-electron chi connectivity index (χ0n) is 12.1. The summed E-state index contributed by atoms with van der Waals surface area (Å²) in [5.74, 6) is 0.548. The normalized spacial score (nSPS) is 13.4. The summed E-state index contributed by atoms with van der Waals surface area (Å²) in [5, 5.41) is 10.7. The molecule has 2 rings (SSSR count). The summed E-state index contributed by atoms with van der Waals surface area (Å²) in [7, 11) is 1.47. The lowest BCUT2D eigenvalue weighted by atomic mass is 10.2. The van der Waals surface area contributed by atoms with Crippen LogP contribution in [0, 0.1) is 0 Å². The van der Waals surface area contributed by atoms with Gasteiger partial charge < -0.3 is 5.32 Å². The Morgan fingerprint density at radius 1 is 1.33 bits per heavy atom. The number of alkyl halides is 3. The molecular formula is C13H18F3N5. The lowest BCUT2D eigenvalue weighted by molar-refractivity contribution is -0.142. The Morgan fingerprint density at radius 3 is 2.67 bits per heavy atom. The molecule has 0 aliphatic rings. The summed E-state index contributed by atoms with van der Waals surface area (Å²) in [6, 6.07) is 2.00. The Kier molecular flexibility index (Phi) is 4.24. The monoisotopic (exact) mass is 301 g/mol. The van der Waals surface area contributed by atoms with Gasteiger partial charge in [-0.1, -0.05) is 6.92 Å². The van der Waals surface area contributed by atoms with E-state index in [9.17, 15) is 13.2 Å². The smallest absolute Gasteiger partial charge is 0.364 e. The van der Waals surface area contributed by atoms with Crippen LogP contribution < -0.4 is 5.32 Å². The number of aromatic nitrogens is 4. The second-order valence-corrected chi connectivity index (χ2v) is 4.97. The van der Waals surface area contributed by atoms with Gasteiger partial charge in [-0.2, -0.15) is 23.4 Å². The molecule has 0 radical (unpaired) electrons. The van der Waals surface area contributed by atoms with Crippen molar-refractivity contribution in [2.75, 3.05) is 5.32 Å². The number of aryl methyl sites for hydroxylation is 1. The number of anilines is 1. The first-order valence-electron chi connectivity index (χ1n) is 6.70. The third-order valence-corrected chi connectivity index (χ3v) is 3.28. The van der Waals surface area contributed by atoms with Gasteiger partial charge in [0.25, 0.3) is 0 Å². The van der Waals surface area contributed by atoms with Crippen molar-refractivity contribution < 1.29 is 13.2 Å². The summed E-state index contributed by atoms with van der Waals surface area (Å²) in [6.45, 7) is 4.10. The summed E-state index contributed by atoms with van der Waals surface area (Å²) in [4.78, 5) is 0. The number of halogens is 3. The van der Waals surface area contributed by atoms with Crippen molar-refractivity contribution in [2.24, 2.45) is 7.05 Å². The van der Waals surface area contributed by atoms with Crippen LogP contribution in [0.15, 0.2) is 18.5 Å². The number of nitrogens with zero attached hydrogens (tertiary/aromatic N) is 4. The van der Waals surface area contributed by atoms with Gasteiger partial charge >= 0.3 is 6.18 Å². The maximum Gasteiger partial charge on any atom is 0.435 e. The van der Waals surface area contributed by atoms with Gasteiger partial charge in [-0.05, 0) is 13.3 Å². The van der Waals surface area contributed by atoms with E-state index in [1.807, 2.05) is 20.0 Å². The maximum atomic E-state index is 12.8. The third-order valence-electron chi connectivity index (χ3n) is 3.28. The largest absolute Gasteiger partial charge is 0.435 e. The molecule has 8 heteroatoms. The number of rotatable bonds is 5. The van der Waals surface area contributed by atoms with E-state index in [0.29, 0.717) is 5.82 Å². The highest BCUT2D eigenvalue weighted by Gasteiger charge is 2.36. The summed E-state index contributed by atoms with van der Waals surface area (Å²) >= 11 is 0. The molecule has 0 aliphatic carbocycles. The van der Waals surface area contributed by atoms with Gasteiger partial charge in [0.1, 0.15) is 5.82 Å².